The highest BCUT2D eigenvalue weighted by Crippen LogP contribution is 2.36. The molecule has 0 bridgehead atoms. The number of fused-ring (bicyclic) bond motifs is 6. The molecule has 2 aromatic heterocycles. The summed E-state index contributed by atoms with van der Waals surface area (Å²) in [5.74, 6) is 1.51. The van der Waals surface area contributed by atoms with Crippen molar-refractivity contribution >= 4 is 56.5 Å². The Hall–Kier alpha value is -7.24. The second kappa shape index (κ2) is 13.3. The van der Waals surface area contributed by atoms with Gasteiger partial charge in [0.15, 0.2) is 5.84 Å². The Kier molecular flexibility index (Phi) is 7.62. The quantitative estimate of drug-likeness (QED) is 0.183. The summed E-state index contributed by atoms with van der Waals surface area (Å²) in [4.78, 5) is 10.1. The summed E-state index contributed by atoms with van der Waals surface area (Å²) >= 11 is 0. The molecule has 3 heterocycles. The molecule has 9 aromatic rings. The van der Waals surface area contributed by atoms with Crippen LogP contribution >= 0.6 is 0 Å². The summed E-state index contributed by atoms with van der Waals surface area (Å²) in [6.07, 6.45) is 6.68. The number of hydrogen-bond acceptors (Lipinski definition) is 3. The van der Waals surface area contributed by atoms with E-state index >= 15 is 0 Å². The summed E-state index contributed by atoms with van der Waals surface area (Å²) in [7, 11) is 0. The van der Waals surface area contributed by atoms with Gasteiger partial charge in [-0.05, 0) is 78.1 Å². The summed E-state index contributed by atoms with van der Waals surface area (Å²) in [6.45, 7) is 0. The maximum atomic E-state index is 5.10. The highest BCUT2D eigenvalue weighted by Gasteiger charge is 2.22. The van der Waals surface area contributed by atoms with E-state index in [-0.39, 0.29) is 6.17 Å². The Bertz CT molecular complexity index is 3170. The maximum Gasteiger partial charge on any atom is 0.159 e. The van der Waals surface area contributed by atoms with Gasteiger partial charge in [0.2, 0.25) is 0 Å². The largest absolute Gasteiger partial charge is 0.344 e. The summed E-state index contributed by atoms with van der Waals surface area (Å²) < 4.78 is 4.81. The molecule has 1 unspecified atom stereocenters. The molecule has 5 heteroatoms. The van der Waals surface area contributed by atoms with Crippen LogP contribution in [0.5, 0.6) is 0 Å². The third-order valence-corrected chi connectivity index (χ3v) is 11.2. The molecule has 1 atom stereocenters. The molecular weight excluding hydrogens is 683 g/mol. The summed E-state index contributed by atoms with van der Waals surface area (Å²) in [5.41, 5.74) is 11.3. The van der Waals surface area contributed by atoms with Crippen LogP contribution in [-0.2, 0) is 0 Å². The van der Waals surface area contributed by atoms with E-state index in [1.54, 1.807) is 0 Å². The molecule has 266 valence electrons. The van der Waals surface area contributed by atoms with Crippen molar-refractivity contribution < 1.29 is 0 Å². The lowest BCUT2D eigenvalue weighted by Crippen LogP contribution is -2.33. The molecule has 7 aromatic carbocycles. The zero-order valence-electron chi connectivity index (χ0n) is 30.7. The van der Waals surface area contributed by atoms with Gasteiger partial charge in [0.25, 0.3) is 0 Å². The standard InChI is InChI=1S/C51H37N5/c1-3-15-34(16-4-1)49-52-50(35-17-5-2-6-18-35)54-51(53-49)38-20-14-22-40(32-38)56-47-28-12-9-25-43(47)44-33-37(29-30-48(44)56)36-19-13-21-39(31-36)55-45-26-10-7-23-41(45)42-24-8-11-27-46(42)55/h1-7,9-10,12-33,49H,8,11H2,(H,52,53,54). The zero-order valence-corrected chi connectivity index (χ0v) is 30.7. The number of aliphatic imine (C=N–C) groups is 2. The topological polar surface area (TPSA) is 46.6 Å². The molecule has 0 saturated heterocycles. The molecule has 0 fully saturated rings. The van der Waals surface area contributed by atoms with Crippen molar-refractivity contribution in [2.75, 3.05) is 0 Å². The van der Waals surface area contributed by atoms with Crippen LogP contribution in [0, 0.1) is 0 Å². The molecule has 2 aliphatic rings. The first-order valence-corrected chi connectivity index (χ1v) is 19.3. The van der Waals surface area contributed by atoms with Crippen molar-refractivity contribution in [2.45, 2.75) is 19.0 Å². The fourth-order valence-electron chi connectivity index (χ4n) is 8.59. The van der Waals surface area contributed by atoms with Gasteiger partial charge >= 0.3 is 0 Å². The lowest BCUT2D eigenvalue weighted by atomic mass is 10.0. The Labute approximate surface area is 324 Å². The van der Waals surface area contributed by atoms with Crippen LogP contribution in [0.2, 0.25) is 0 Å². The molecule has 56 heavy (non-hydrogen) atoms. The number of para-hydroxylation sites is 2. The van der Waals surface area contributed by atoms with E-state index in [1.807, 2.05) is 24.3 Å². The third-order valence-electron chi connectivity index (χ3n) is 11.2. The average Bonchev–Trinajstić information content (AvgIpc) is 3.80. The first-order valence-electron chi connectivity index (χ1n) is 19.3. The van der Waals surface area contributed by atoms with Crippen LogP contribution in [0.15, 0.2) is 186 Å². The monoisotopic (exact) mass is 719 g/mol. The van der Waals surface area contributed by atoms with E-state index < -0.39 is 0 Å². The van der Waals surface area contributed by atoms with E-state index in [2.05, 4.69) is 178 Å². The fourth-order valence-corrected chi connectivity index (χ4v) is 8.59. The molecular formula is C51H37N5. The van der Waals surface area contributed by atoms with Gasteiger partial charge in [-0.25, -0.2) is 9.98 Å². The molecule has 11 rings (SSSR count). The third kappa shape index (κ3) is 5.39. The number of hydrogen-bond donors (Lipinski definition) is 1. The van der Waals surface area contributed by atoms with Crippen molar-refractivity contribution in [1.29, 1.82) is 0 Å². The molecule has 0 saturated carbocycles. The summed E-state index contributed by atoms with van der Waals surface area (Å²) in [5, 5.41) is 10.0. The Balaban J connectivity index is 1.01. The Morgan fingerprint density at radius 3 is 1.89 bits per heavy atom. The molecule has 0 amide bonds. The number of aromatic nitrogens is 2. The van der Waals surface area contributed by atoms with Gasteiger partial charge in [-0.2, -0.15) is 0 Å². The molecule has 5 nitrogen and oxygen atoms in total. The zero-order chi connectivity index (χ0) is 37.0. The first kappa shape index (κ1) is 32.2. The average molecular weight is 720 g/mol. The molecule has 1 N–H and O–H groups in total. The second-order valence-corrected chi connectivity index (χ2v) is 14.6. The van der Waals surface area contributed by atoms with Crippen LogP contribution in [-0.4, -0.2) is 20.8 Å². The van der Waals surface area contributed by atoms with Crippen LogP contribution in [0.25, 0.3) is 67.4 Å². The van der Waals surface area contributed by atoms with Crippen molar-refractivity contribution in [1.82, 2.24) is 14.5 Å². The highest BCUT2D eigenvalue weighted by atomic mass is 15.2. The van der Waals surface area contributed by atoms with Crippen molar-refractivity contribution in [2.24, 2.45) is 9.98 Å². The fraction of sp³-hybridized carbons (Fsp3) is 0.0588. The van der Waals surface area contributed by atoms with Crippen LogP contribution in [0.4, 0.5) is 0 Å². The van der Waals surface area contributed by atoms with E-state index in [4.69, 9.17) is 9.98 Å². The predicted octanol–water partition coefficient (Wildman–Crippen LogP) is 10.2. The minimum Gasteiger partial charge on any atom is -0.344 e. The van der Waals surface area contributed by atoms with Gasteiger partial charge in [0.1, 0.15) is 12.0 Å². The van der Waals surface area contributed by atoms with Crippen LogP contribution < -0.4 is 15.9 Å². The molecule has 1 aliphatic carbocycles. The number of amidine groups is 2. The molecule has 1 aliphatic heterocycles. The predicted molar refractivity (Wildman–Crippen MR) is 232 cm³/mol. The van der Waals surface area contributed by atoms with Crippen LogP contribution in [0.3, 0.4) is 0 Å². The van der Waals surface area contributed by atoms with Gasteiger partial charge in [-0.1, -0.05) is 140 Å². The van der Waals surface area contributed by atoms with Crippen molar-refractivity contribution in [3.8, 4) is 22.5 Å². The minimum atomic E-state index is -0.258. The molecule has 0 spiro atoms. The number of rotatable bonds is 6. The van der Waals surface area contributed by atoms with Crippen molar-refractivity contribution in [3.63, 3.8) is 0 Å². The Morgan fingerprint density at radius 2 is 1.07 bits per heavy atom. The lowest BCUT2D eigenvalue weighted by Gasteiger charge is -2.24. The Morgan fingerprint density at radius 1 is 0.464 bits per heavy atom. The van der Waals surface area contributed by atoms with E-state index in [0.717, 1.165) is 52.1 Å². The van der Waals surface area contributed by atoms with Crippen molar-refractivity contribution in [3.05, 3.63) is 203 Å². The lowest BCUT2D eigenvalue weighted by molar-refractivity contribution is 0.674. The molecule has 0 radical (unpaired) electrons. The van der Waals surface area contributed by atoms with Gasteiger partial charge in [-0.3, -0.25) is 0 Å². The van der Waals surface area contributed by atoms with Crippen LogP contribution in [0.1, 0.15) is 35.7 Å². The second-order valence-electron chi connectivity index (χ2n) is 14.6. The van der Waals surface area contributed by atoms with Gasteiger partial charge in [0, 0.05) is 49.2 Å². The van der Waals surface area contributed by atoms with E-state index in [9.17, 15) is 0 Å². The van der Waals surface area contributed by atoms with E-state index in [0.29, 0.717) is 5.84 Å². The first-order chi connectivity index (χ1) is 27.8. The smallest absolute Gasteiger partial charge is 0.159 e. The maximum absolute atomic E-state index is 5.10. The van der Waals surface area contributed by atoms with Gasteiger partial charge < -0.3 is 14.5 Å². The van der Waals surface area contributed by atoms with Gasteiger partial charge in [0.05, 0.1) is 16.6 Å². The number of nitrogens with zero attached hydrogens (tertiary/aromatic N) is 4. The SMILES string of the molecule is C1=c2c(n(-c3cccc(-c4ccc5c(c4)c4ccccc4n5-c4cccc(C5=NC(c6ccccc6)=NC(c6ccccc6)N5)c4)c3)c3ccccc23)=CCC1. The highest BCUT2D eigenvalue weighted by molar-refractivity contribution is 6.14. The number of nitrogens with one attached hydrogen (secondary N) is 1. The minimum absolute atomic E-state index is 0.258. The van der Waals surface area contributed by atoms with E-state index in [1.165, 1.54) is 49.1 Å². The van der Waals surface area contributed by atoms with Gasteiger partial charge in [-0.15, -0.1) is 0 Å². The normalized spacial score (nSPS) is 15.1. The number of benzene rings is 7. The summed E-state index contributed by atoms with van der Waals surface area (Å²) in [6, 6.07) is 62.7.